The first-order chi connectivity index (χ1) is 10.0. The maximum Gasteiger partial charge on any atom is 0.290 e. The number of Topliss-reactive ketones (excluding diaryl/α,β-unsaturated/α-hetero) is 1. The van der Waals surface area contributed by atoms with Crippen LogP contribution in [-0.4, -0.2) is 5.78 Å². The van der Waals surface area contributed by atoms with Crippen LogP contribution in [0, 0.1) is 18.3 Å². The van der Waals surface area contributed by atoms with E-state index in [-0.39, 0.29) is 5.78 Å². The van der Waals surface area contributed by atoms with Gasteiger partial charge in [-0.15, -0.1) is 0 Å². The third-order valence-corrected chi connectivity index (χ3v) is 3.41. The summed E-state index contributed by atoms with van der Waals surface area (Å²) in [6, 6.07) is 11.2. The first-order valence-electron chi connectivity index (χ1n) is 6.47. The van der Waals surface area contributed by atoms with Gasteiger partial charge in [-0.1, -0.05) is 23.7 Å². The van der Waals surface area contributed by atoms with Crippen LogP contribution in [-0.2, 0) is 6.54 Å². The van der Waals surface area contributed by atoms with Gasteiger partial charge in [-0.05, 0) is 37.6 Å². The highest BCUT2D eigenvalue weighted by Crippen LogP contribution is 2.15. The Labute approximate surface area is 128 Å². The summed E-state index contributed by atoms with van der Waals surface area (Å²) in [5.74, 6) is 0.541. The zero-order valence-electron chi connectivity index (χ0n) is 11.8. The Balaban J connectivity index is 2.24. The molecule has 0 aliphatic carbocycles. The summed E-state index contributed by atoms with van der Waals surface area (Å²) < 4.78 is 0. The van der Waals surface area contributed by atoms with E-state index >= 15 is 0 Å². The molecule has 106 valence electrons. The van der Waals surface area contributed by atoms with Crippen molar-refractivity contribution >= 4 is 23.2 Å². The number of nitrogens with one attached hydrogen (secondary N) is 2. The number of ketones is 1. The molecule has 0 unspecified atom stereocenters. The van der Waals surface area contributed by atoms with Crippen molar-refractivity contribution in [1.29, 1.82) is 5.26 Å². The lowest BCUT2D eigenvalue weighted by Gasteiger charge is -2.05. The largest absolute Gasteiger partial charge is 0.294 e. The lowest BCUT2D eigenvalue weighted by atomic mass is 10.1. The highest BCUT2D eigenvalue weighted by atomic mass is 35.5. The van der Waals surface area contributed by atoms with Gasteiger partial charge in [-0.3, -0.25) is 10.1 Å². The number of aromatic amines is 1. The predicted octanol–water partition coefficient (Wildman–Crippen LogP) is 3.15. The average Bonchev–Trinajstić information content (AvgIpc) is 2.46. The fourth-order valence-corrected chi connectivity index (χ4v) is 2.16. The fraction of sp³-hybridized carbons (Fsp3) is 0.188. The van der Waals surface area contributed by atoms with E-state index in [1.807, 2.05) is 31.2 Å². The molecule has 0 amide bonds. The van der Waals surface area contributed by atoms with Crippen LogP contribution < -0.4 is 10.3 Å². The van der Waals surface area contributed by atoms with Crippen molar-refractivity contribution in [2.45, 2.75) is 20.4 Å². The highest BCUT2D eigenvalue weighted by Gasteiger charge is 2.16. The molecule has 1 heterocycles. The molecular formula is C16H15ClN3O+. The van der Waals surface area contributed by atoms with Crippen molar-refractivity contribution in [2.75, 3.05) is 5.32 Å². The number of pyridine rings is 1. The van der Waals surface area contributed by atoms with Gasteiger partial charge in [0.1, 0.15) is 23.9 Å². The number of carbonyl (C=O) groups is 1. The number of anilines is 1. The normalized spacial score (nSPS) is 10.0. The number of nitrogens with zero attached hydrogens (tertiary/aromatic N) is 1. The second-order valence-electron chi connectivity index (χ2n) is 4.74. The van der Waals surface area contributed by atoms with Crippen LogP contribution in [0.15, 0.2) is 30.3 Å². The van der Waals surface area contributed by atoms with Gasteiger partial charge in [0.15, 0.2) is 5.78 Å². The summed E-state index contributed by atoms with van der Waals surface area (Å²) in [4.78, 5) is 14.6. The second kappa shape index (κ2) is 6.38. The summed E-state index contributed by atoms with van der Waals surface area (Å²) >= 11 is 5.84. The number of aryl methyl sites for hydroxylation is 1. The number of benzene rings is 1. The minimum atomic E-state index is -0.0653. The van der Waals surface area contributed by atoms with Gasteiger partial charge < -0.3 is 0 Å². The number of aromatic nitrogens is 1. The molecule has 0 saturated heterocycles. The molecule has 0 atom stereocenters. The predicted molar refractivity (Wildman–Crippen MR) is 81.2 cm³/mol. The van der Waals surface area contributed by atoms with Gasteiger partial charge in [0.05, 0.1) is 5.56 Å². The summed E-state index contributed by atoms with van der Waals surface area (Å²) in [7, 11) is 0. The van der Waals surface area contributed by atoms with Crippen molar-refractivity contribution in [3.8, 4) is 6.07 Å². The molecule has 2 rings (SSSR count). The maximum absolute atomic E-state index is 11.5. The Morgan fingerprint density at radius 3 is 2.62 bits per heavy atom. The zero-order chi connectivity index (χ0) is 15.4. The van der Waals surface area contributed by atoms with Gasteiger partial charge in [-0.2, -0.15) is 5.26 Å². The summed E-state index contributed by atoms with van der Waals surface area (Å²) in [5.41, 5.74) is 2.73. The average molecular weight is 301 g/mol. The standard InChI is InChI=1S/C16H14ClN3O/c1-10-15(11(2)21)7-13(8-18)16(20-10)19-9-12-3-5-14(17)6-4-12/h3-7H,9H2,1-2H3,(H,19,20)/p+1. The quantitative estimate of drug-likeness (QED) is 0.882. The monoisotopic (exact) mass is 300 g/mol. The fourth-order valence-electron chi connectivity index (χ4n) is 2.03. The topological polar surface area (TPSA) is 67.0 Å². The Morgan fingerprint density at radius 1 is 1.38 bits per heavy atom. The molecule has 2 aromatic rings. The van der Waals surface area contributed by atoms with Crippen molar-refractivity contribution < 1.29 is 9.78 Å². The Morgan fingerprint density at radius 2 is 2.05 bits per heavy atom. The Hall–Kier alpha value is -2.38. The van der Waals surface area contributed by atoms with Crippen LogP contribution in [0.25, 0.3) is 0 Å². The molecule has 0 bridgehead atoms. The van der Waals surface area contributed by atoms with E-state index in [2.05, 4.69) is 16.4 Å². The Bertz CT molecular complexity index is 718. The van der Waals surface area contributed by atoms with E-state index in [9.17, 15) is 10.1 Å². The number of halogens is 1. The van der Waals surface area contributed by atoms with Gasteiger partial charge in [0, 0.05) is 5.02 Å². The van der Waals surface area contributed by atoms with Crippen LogP contribution in [0.3, 0.4) is 0 Å². The molecule has 21 heavy (non-hydrogen) atoms. The minimum absolute atomic E-state index is 0.0653. The van der Waals surface area contributed by atoms with Crippen LogP contribution in [0.5, 0.6) is 0 Å². The van der Waals surface area contributed by atoms with E-state index in [4.69, 9.17) is 11.6 Å². The molecule has 1 aromatic heterocycles. The van der Waals surface area contributed by atoms with Crippen LogP contribution in [0.1, 0.15) is 34.1 Å². The van der Waals surface area contributed by atoms with Crippen LogP contribution >= 0.6 is 11.6 Å². The molecule has 1 aromatic carbocycles. The first kappa shape index (κ1) is 15.0. The van der Waals surface area contributed by atoms with E-state index in [1.54, 1.807) is 6.07 Å². The van der Waals surface area contributed by atoms with E-state index in [0.717, 1.165) is 11.3 Å². The molecule has 5 heteroatoms. The number of H-pyrrole nitrogens is 1. The van der Waals surface area contributed by atoms with E-state index in [0.29, 0.717) is 28.5 Å². The van der Waals surface area contributed by atoms with Crippen molar-refractivity contribution in [3.05, 3.63) is 57.7 Å². The number of carbonyl (C=O) groups excluding carboxylic acids is 1. The maximum atomic E-state index is 11.5. The summed E-state index contributed by atoms with van der Waals surface area (Å²) in [6.45, 7) is 3.85. The lowest BCUT2D eigenvalue weighted by Crippen LogP contribution is -2.21. The summed E-state index contributed by atoms with van der Waals surface area (Å²) in [5, 5.41) is 13.1. The zero-order valence-corrected chi connectivity index (χ0v) is 12.6. The van der Waals surface area contributed by atoms with Crippen LogP contribution in [0.4, 0.5) is 5.82 Å². The number of hydrogen-bond donors (Lipinski definition) is 1. The third-order valence-electron chi connectivity index (χ3n) is 3.16. The Kier molecular flexibility index (Phi) is 4.56. The number of hydrogen-bond acceptors (Lipinski definition) is 3. The third kappa shape index (κ3) is 3.59. The SMILES string of the molecule is CC(=O)c1cc(C#N)c(NCc2ccc(Cl)cc2)[nH+]c1C. The molecular weight excluding hydrogens is 286 g/mol. The second-order valence-corrected chi connectivity index (χ2v) is 5.18. The van der Waals surface area contributed by atoms with Gasteiger partial charge in [0.2, 0.25) is 0 Å². The van der Waals surface area contributed by atoms with Crippen molar-refractivity contribution in [1.82, 2.24) is 0 Å². The van der Waals surface area contributed by atoms with E-state index < -0.39 is 0 Å². The number of nitriles is 1. The first-order valence-corrected chi connectivity index (χ1v) is 6.85. The molecule has 0 radical (unpaired) electrons. The molecule has 4 nitrogen and oxygen atoms in total. The van der Waals surface area contributed by atoms with Crippen molar-refractivity contribution in [2.24, 2.45) is 0 Å². The lowest BCUT2D eigenvalue weighted by molar-refractivity contribution is -0.371. The molecule has 0 saturated carbocycles. The smallest absolute Gasteiger partial charge is 0.290 e. The van der Waals surface area contributed by atoms with Gasteiger partial charge >= 0.3 is 0 Å². The molecule has 0 spiro atoms. The minimum Gasteiger partial charge on any atom is -0.294 e. The van der Waals surface area contributed by atoms with Crippen LogP contribution in [0.2, 0.25) is 5.02 Å². The molecule has 0 aliphatic heterocycles. The van der Waals surface area contributed by atoms with Gasteiger partial charge in [-0.25, -0.2) is 4.98 Å². The molecule has 2 N–H and O–H groups in total. The van der Waals surface area contributed by atoms with Crippen molar-refractivity contribution in [3.63, 3.8) is 0 Å². The number of rotatable bonds is 4. The molecule has 0 aliphatic rings. The summed E-state index contributed by atoms with van der Waals surface area (Å²) in [6.07, 6.45) is 0. The molecule has 0 fully saturated rings. The highest BCUT2D eigenvalue weighted by molar-refractivity contribution is 6.30. The van der Waals surface area contributed by atoms with E-state index in [1.165, 1.54) is 6.92 Å². The van der Waals surface area contributed by atoms with Gasteiger partial charge in [0.25, 0.3) is 5.82 Å².